The highest BCUT2D eigenvalue weighted by Crippen LogP contribution is 2.41. The average molecular weight is 794 g/mol. The number of nitrogens with one attached hydrogen (secondary N) is 3. The molecule has 0 saturated carbocycles. The van der Waals surface area contributed by atoms with Crippen LogP contribution < -0.4 is 20.9 Å². The normalized spacial score (nSPS) is 19.9. The third-order valence-electron chi connectivity index (χ3n) is 11.4. The Hall–Kier alpha value is -6.93. The molecular weight excluding hydrogens is 749 g/mol. The number of imidazole rings is 1. The van der Waals surface area contributed by atoms with E-state index in [4.69, 9.17) is 15.1 Å². The number of likely N-dealkylation sites (tertiary alicyclic amines) is 2. The number of oxazole rings is 1. The van der Waals surface area contributed by atoms with E-state index >= 15 is 0 Å². The predicted molar refractivity (Wildman–Crippen MR) is 221 cm³/mol. The number of quaternary nitrogens is 1. The van der Waals surface area contributed by atoms with Crippen LogP contribution in [0.3, 0.4) is 0 Å². The van der Waals surface area contributed by atoms with Crippen molar-refractivity contribution < 1.29 is 28.4 Å². The van der Waals surface area contributed by atoms with Crippen molar-refractivity contribution in [1.82, 2.24) is 35.0 Å². The number of fused-ring (bicyclic) bond motifs is 1. The van der Waals surface area contributed by atoms with Gasteiger partial charge in [-0.25, -0.2) is 19.2 Å². The highest BCUT2D eigenvalue weighted by atomic mass is 16.4. The van der Waals surface area contributed by atoms with Crippen molar-refractivity contribution in [1.29, 1.82) is 0 Å². The minimum absolute atomic E-state index is 0.191. The van der Waals surface area contributed by atoms with Crippen molar-refractivity contribution in [3.05, 3.63) is 126 Å². The fourth-order valence-electron chi connectivity index (χ4n) is 8.72. The lowest BCUT2D eigenvalue weighted by molar-refractivity contribution is -0.139. The van der Waals surface area contributed by atoms with Gasteiger partial charge >= 0.3 is 5.91 Å². The standard InChI is InChI=1S/C45H44N8O6/c1-27(54)48-39(29-12-5-3-6-13-29)44(57)52-22-10-18-36(52)42-50-34-21-20-31(25-35(34)51-42)38-26-47-43(59-38)32-16-9-17-33(24-32)53(23-11-19-37(53)41(46)56)45(58)40(49-28(2)55)30-14-7-4-8-15-30/h3-9,12-17,20-21,24-26,36-37,39-40H,10-11,18-19,22-23H2,1-2H3,(H4-,46,48,49,50,51,54,55,56)/p+1/t36-,37-,39+,40+,53?/m0/s1. The van der Waals surface area contributed by atoms with E-state index in [0.717, 1.165) is 29.4 Å². The average Bonchev–Trinajstić information content (AvgIpc) is 4.08. The van der Waals surface area contributed by atoms with Crippen LogP contribution in [0.4, 0.5) is 5.69 Å². The number of nitrogens with zero attached hydrogens (tertiary/aromatic N) is 4. The van der Waals surface area contributed by atoms with E-state index in [1.165, 1.54) is 13.8 Å². The van der Waals surface area contributed by atoms with E-state index in [-0.39, 0.29) is 34.2 Å². The maximum atomic E-state index is 14.8. The molecule has 2 aliphatic rings. The topological polar surface area (TPSA) is 193 Å². The quantitative estimate of drug-likeness (QED) is 0.119. The molecule has 2 fully saturated rings. The summed E-state index contributed by atoms with van der Waals surface area (Å²) in [7, 11) is 0. The molecule has 8 rings (SSSR count). The molecule has 0 bridgehead atoms. The molecule has 2 aromatic heterocycles. The van der Waals surface area contributed by atoms with Gasteiger partial charge in [-0.15, -0.1) is 0 Å². The third-order valence-corrected chi connectivity index (χ3v) is 11.4. The second-order valence-electron chi connectivity index (χ2n) is 15.2. The highest BCUT2D eigenvalue weighted by molar-refractivity contribution is 6.01. The second kappa shape index (κ2) is 16.1. The Bertz CT molecular complexity index is 2550. The SMILES string of the molecule is CC(=O)N[C@@H](C(=O)N1CCC[C@H]1c1nc2ccc(-c3cnc(-c4cccc([N+]5(C(=O)[C@H](NC(C)=O)c6ccccc6)CCC[C@H]5C(N)=O)c4)o3)cc2[nH]1)c1ccccc1. The Morgan fingerprint density at radius 1 is 0.814 bits per heavy atom. The second-order valence-corrected chi connectivity index (χ2v) is 15.2. The Morgan fingerprint density at radius 3 is 2.20 bits per heavy atom. The van der Waals surface area contributed by atoms with Gasteiger partial charge in [0.15, 0.2) is 17.8 Å². The van der Waals surface area contributed by atoms with Crippen molar-refractivity contribution >= 4 is 46.3 Å². The van der Waals surface area contributed by atoms with Crippen LogP contribution in [0, 0.1) is 0 Å². The van der Waals surface area contributed by atoms with E-state index in [1.807, 2.05) is 60.7 Å². The molecule has 5 atom stereocenters. The predicted octanol–water partition coefficient (Wildman–Crippen LogP) is 5.78. The monoisotopic (exact) mass is 793 g/mol. The maximum Gasteiger partial charge on any atom is 0.346 e. The van der Waals surface area contributed by atoms with E-state index in [9.17, 15) is 24.0 Å². The summed E-state index contributed by atoms with van der Waals surface area (Å²) in [6.45, 7) is 3.62. The first kappa shape index (κ1) is 38.9. The first-order valence-electron chi connectivity index (χ1n) is 19.8. The molecule has 6 aromatic rings. The summed E-state index contributed by atoms with van der Waals surface area (Å²) in [6, 6.07) is 28.1. The van der Waals surface area contributed by atoms with Crippen molar-refractivity contribution in [3.63, 3.8) is 0 Å². The molecule has 5 amide bonds. The summed E-state index contributed by atoms with van der Waals surface area (Å²) >= 11 is 0. The van der Waals surface area contributed by atoms with Crippen LogP contribution in [0.25, 0.3) is 33.8 Å². The number of rotatable bonds is 11. The van der Waals surface area contributed by atoms with Crippen molar-refractivity contribution in [3.8, 4) is 22.8 Å². The summed E-state index contributed by atoms with van der Waals surface area (Å²) in [5.41, 5.74) is 10.6. The Balaban J connectivity index is 1.08. The third kappa shape index (κ3) is 7.50. The summed E-state index contributed by atoms with van der Waals surface area (Å²) in [4.78, 5) is 81.0. The number of hydrogen-bond donors (Lipinski definition) is 4. The van der Waals surface area contributed by atoms with Gasteiger partial charge in [0.2, 0.25) is 23.6 Å². The number of nitrogens with two attached hydrogens (primary N) is 1. The molecular formula is C45H45N8O6+. The molecule has 4 aromatic carbocycles. The van der Waals surface area contributed by atoms with Gasteiger partial charge in [0.1, 0.15) is 17.6 Å². The van der Waals surface area contributed by atoms with E-state index < -0.39 is 24.0 Å². The van der Waals surface area contributed by atoms with Crippen LogP contribution in [-0.4, -0.2) is 68.5 Å². The lowest BCUT2D eigenvalue weighted by Gasteiger charge is -2.38. The molecule has 14 heteroatoms. The fraction of sp³-hybridized carbons (Fsp3) is 0.267. The number of amides is 5. The van der Waals surface area contributed by atoms with Crippen LogP contribution in [0.1, 0.15) is 74.6 Å². The van der Waals surface area contributed by atoms with E-state index in [2.05, 4.69) is 20.6 Å². The molecule has 0 radical (unpaired) electrons. The zero-order valence-corrected chi connectivity index (χ0v) is 32.8. The van der Waals surface area contributed by atoms with Crippen LogP contribution in [-0.2, 0) is 24.0 Å². The van der Waals surface area contributed by atoms with E-state index in [1.54, 1.807) is 53.6 Å². The molecule has 2 saturated heterocycles. The maximum absolute atomic E-state index is 14.8. The molecule has 14 nitrogen and oxygen atoms in total. The molecule has 59 heavy (non-hydrogen) atoms. The number of primary amides is 1. The molecule has 4 heterocycles. The lowest BCUT2D eigenvalue weighted by Crippen LogP contribution is -2.64. The number of carbonyl (C=O) groups is 5. The number of aromatic nitrogens is 3. The van der Waals surface area contributed by atoms with Crippen LogP contribution in [0.2, 0.25) is 0 Å². The number of benzene rings is 4. The molecule has 5 N–H and O–H groups in total. The van der Waals surface area contributed by atoms with Crippen LogP contribution >= 0.6 is 0 Å². The van der Waals surface area contributed by atoms with E-state index in [0.29, 0.717) is 65.8 Å². The molecule has 300 valence electrons. The summed E-state index contributed by atoms with van der Waals surface area (Å²) in [6.07, 6.45) is 4.13. The van der Waals surface area contributed by atoms with Gasteiger partial charge in [0.05, 0.1) is 29.8 Å². The zero-order valence-electron chi connectivity index (χ0n) is 32.8. The minimum atomic E-state index is -1.02. The Morgan fingerprint density at radius 2 is 1.51 bits per heavy atom. The van der Waals surface area contributed by atoms with Gasteiger partial charge in [-0.1, -0.05) is 66.7 Å². The van der Waals surface area contributed by atoms with Gasteiger partial charge in [-0.05, 0) is 54.3 Å². The van der Waals surface area contributed by atoms with Gasteiger partial charge < -0.3 is 30.7 Å². The van der Waals surface area contributed by atoms with Gasteiger partial charge in [0, 0.05) is 50.4 Å². The Labute approximate surface area is 340 Å². The lowest BCUT2D eigenvalue weighted by atomic mass is 10.0. The number of hydrogen-bond acceptors (Lipinski definition) is 8. The summed E-state index contributed by atoms with van der Waals surface area (Å²) in [5.74, 6) is -0.361. The first-order valence-corrected chi connectivity index (χ1v) is 19.8. The number of carbonyl (C=O) groups excluding carboxylic acids is 5. The van der Waals surface area contributed by atoms with Gasteiger partial charge in [-0.3, -0.25) is 19.2 Å². The first-order chi connectivity index (χ1) is 28.5. The van der Waals surface area contributed by atoms with Crippen LogP contribution in [0.15, 0.2) is 114 Å². The smallest absolute Gasteiger partial charge is 0.346 e. The number of H-pyrrole nitrogens is 1. The van der Waals surface area contributed by atoms with Crippen LogP contribution in [0.5, 0.6) is 0 Å². The van der Waals surface area contributed by atoms with Crippen molar-refractivity contribution in [2.75, 3.05) is 13.1 Å². The fourth-order valence-corrected chi connectivity index (χ4v) is 8.72. The van der Waals surface area contributed by atoms with Gasteiger partial charge in [-0.2, -0.15) is 0 Å². The molecule has 0 spiro atoms. The molecule has 1 unspecified atom stereocenters. The molecule has 2 aliphatic heterocycles. The zero-order chi connectivity index (χ0) is 41.3. The molecule has 0 aliphatic carbocycles. The van der Waals surface area contributed by atoms with Crippen molar-refractivity contribution in [2.24, 2.45) is 5.73 Å². The highest BCUT2D eigenvalue weighted by Gasteiger charge is 2.55. The Kier molecular flexibility index (Phi) is 10.6. The largest absolute Gasteiger partial charge is 0.436 e. The van der Waals surface area contributed by atoms with Crippen molar-refractivity contribution in [2.45, 2.75) is 63.7 Å². The number of aromatic amines is 1. The summed E-state index contributed by atoms with van der Waals surface area (Å²) in [5, 5.41) is 5.66. The minimum Gasteiger partial charge on any atom is -0.436 e. The van der Waals surface area contributed by atoms with Gasteiger partial charge in [0.25, 0.3) is 5.91 Å². The summed E-state index contributed by atoms with van der Waals surface area (Å²) < 4.78 is 5.98.